The lowest BCUT2D eigenvalue weighted by Crippen LogP contribution is -2.26. The Morgan fingerprint density at radius 2 is 1.94 bits per heavy atom. The van der Waals surface area contributed by atoms with Crippen molar-refractivity contribution in [3.05, 3.63) is 83.8 Å². The van der Waals surface area contributed by atoms with Gasteiger partial charge >= 0.3 is 0 Å². The zero-order valence-corrected chi connectivity index (χ0v) is 20.0. The molecule has 0 saturated carbocycles. The first kappa shape index (κ1) is 28.0. The molecule has 0 heterocycles. The van der Waals surface area contributed by atoms with Crippen LogP contribution in [0, 0.1) is 11.8 Å². The highest BCUT2D eigenvalue weighted by Gasteiger charge is 2.08. The number of ketones is 1. The van der Waals surface area contributed by atoms with Crippen molar-refractivity contribution in [1.82, 2.24) is 10.6 Å². The summed E-state index contributed by atoms with van der Waals surface area (Å²) < 4.78 is 5.11. The summed E-state index contributed by atoms with van der Waals surface area (Å²) in [5.74, 6) is 5.79. The fourth-order valence-corrected chi connectivity index (χ4v) is 2.76. The molecule has 1 unspecified atom stereocenters. The number of rotatable bonds is 13. The molecule has 0 amide bonds. The number of nitrogens with one attached hydrogen (secondary N) is 2. The van der Waals surface area contributed by atoms with E-state index >= 15 is 0 Å². The van der Waals surface area contributed by atoms with Crippen LogP contribution in [-0.4, -0.2) is 32.6 Å². The van der Waals surface area contributed by atoms with E-state index in [1.54, 1.807) is 31.4 Å². The highest BCUT2D eigenvalue weighted by atomic mass is 16.5. The van der Waals surface area contributed by atoms with Gasteiger partial charge in [0.15, 0.2) is 5.78 Å². The van der Waals surface area contributed by atoms with Crippen molar-refractivity contribution in [3.63, 3.8) is 0 Å². The number of carbonyl (C=O) groups excluding carboxylic acids is 1. The molecule has 2 N–H and O–H groups in total. The molecule has 4 heteroatoms. The van der Waals surface area contributed by atoms with Gasteiger partial charge in [0.25, 0.3) is 0 Å². The van der Waals surface area contributed by atoms with E-state index in [-0.39, 0.29) is 11.8 Å². The van der Waals surface area contributed by atoms with Crippen LogP contribution in [0.25, 0.3) is 0 Å². The van der Waals surface area contributed by atoms with Crippen LogP contribution in [0.2, 0.25) is 0 Å². The molecular weight excluding hydrogens is 384 g/mol. The van der Waals surface area contributed by atoms with E-state index in [1.165, 1.54) is 6.08 Å². The molecule has 0 aliphatic heterocycles. The van der Waals surface area contributed by atoms with Gasteiger partial charge in [-0.15, -0.1) is 0 Å². The average Bonchev–Trinajstić information content (AvgIpc) is 2.76. The van der Waals surface area contributed by atoms with Gasteiger partial charge in [-0.2, -0.15) is 0 Å². The molecule has 168 valence electrons. The van der Waals surface area contributed by atoms with Gasteiger partial charge in [-0.05, 0) is 76.0 Å². The Labute approximate surface area is 189 Å². The maximum Gasteiger partial charge on any atom is 0.179 e. The summed E-state index contributed by atoms with van der Waals surface area (Å²) in [6, 6.07) is 0.215. The molecule has 0 spiro atoms. The zero-order chi connectivity index (χ0) is 23.6. The number of hydrogen-bond acceptors (Lipinski definition) is 4. The smallest absolute Gasteiger partial charge is 0.179 e. The second-order valence-electron chi connectivity index (χ2n) is 7.08. The van der Waals surface area contributed by atoms with Crippen LogP contribution < -0.4 is 10.6 Å². The Morgan fingerprint density at radius 1 is 1.23 bits per heavy atom. The van der Waals surface area contributed by atoms with Gasteiger partial charge < -0.3 is 15.4 Å². The molecular formula is C27H38N2O2. The quantitative estimate of drug-likeness (QED) is 0.244. The van der Waals surface area contributed by atoms with Crippen molar-refractivity contribution in [3.8, 4) is 11.8 Å². The predicted molar refractivity (Wildman–Crippen MR) is 133 cm³/mol. The minimum absolute atomic E-state index is 0.0930. The van der Waals surface area contributed by atoms with Gasteiger partial charge in [0.2, 0.25) is 0 Å². The Bertz CT molecular complexity index is 827. The normalized spacial score (nSPS) is 14.3. The zero-order valence-electron chi connectivity index (χ0n) is 20.0. The Balaban J connectivity index is 5.23. The van der Waals surface area contributed by atoms with E-state index in [1.807, 2.05) is 26.1 Å². The van der Waals surface area contributed by atoms with Crippen LogP contribution in [0.4, 0.5) is 0 Å². The highest BCUT2D eigenvalue weighted by molar-refractivity contribution is 6.00. The molecule has 0 radical (unpaired) electrons. The van der Waals surface area contributed by atoms with E-state index in [4.69, 9.17) is 4.74 Å². The fourth-order valence-electron chi connectivity index (χ4n) is 2.76. The molecule has 31 heavy (non-hydrogen) atoms. The third kappa shape index (κ3) is 12.3. The third-order valence-electron chi connectivity index (χ3n) is 4.62. The van der Waals surface area contributed by atoms with Crippen LogP contribution in [0.15, 0.2) is 83.8 Å². The topological polar surface area (TPSA) is 50.4 Å². The highest BCUT2D eigenvalue weighted by Crippen LogP contribution is 2.13. The molecule has 0 fully saturated rings. The summed E-state index contributed by atoms with van der Waals surface area (Å²) in [6.45, 7) is 16.0. The maximum atomic E-state index is 12.4. The number of carbonyl (C=O) groups is 1. The average molecular weight is 423 g/mol. The molecule has 0 aromatic heterocycles. The molecule has 0 aromatic rings. The standard InChI is InChI=1S/C27H38N2O2/c1-9-12-14-25(19-26(30)18-17-24(11-3)20-31-8)16-15-21(4)29-23(6)22(5)27(28-7)13-10-2/h9-11,13,17-19,21,28-29H,1-2,15-16,20H2,3-8H3/b18-17-,23-22+,24-11+,25-19+,27-13+. The van der Waals surface area contributed by atoms with Gasteiger partial charge in [0, 0.05) is 37.2 Å². The number of likely N-dealkylation sites (N-methyl/N-ethyl adjacent to an activating group) is 1. The van der Waals surface area contributed by atoms with E-state index < -0.39 is 0 Å². The summed E-state index contributed by atoms with van der Waals surface area (Å²) in [5.41, 5.74) is 4.99. The van der Waals surface area contributed by atoms with E-state index in [2.05, 4.69) is 56.4 Å². The van der Waals surface area contributed by atoms with E-state index in [0.717, 1.165) is 34.5 Å². The monoisotopic (exact) mass is 422 g/mol. The van der Waals surface area contributed by atoms with Crippen molar-refractivity contribution in [2.24, 2.45) is 0 Å². The third-order valence-corrected chi connectivity index (χ3v) is 4.62. The van der Waals surface area contributed by atoms with Gasteiger partial charge in [-0.3, -0.25) is 4.79 Å². The van der Waals surface area contributed by atoms with Crippen molar-refractivity contribution in [2.75, 3.05) is 20.8 Å². The number of methoxy groups -OCH3 is 1. The predicted octanol–water partition coefficient (Wildman–Crippen LogP) is 5.16. The van der Waals surface area contributed by atoms with Crippen molar-refractivity contribution < 1.29 is 9.53 Å². The molecule has 0 saturated heterocycles. The van der Waals surface area contributed by atoms with Crippen LogP contribution in [-0.2, 0) is 9.53 Å². The fraction of sp³-hybridized carbons (Fsp3) is 0.370. The molecule has 0 aliphatic rings. The minimum Gasteiger partial charge on any atom is -0.388 e. The van der Waals surface area contributed by atoms with Gasteiger partial charge in [-0.1, -0.05) is 43.2 Å². The van der Waals surface area contributed by atoms with Gasteiger partial charge in [0.1, 0.15) is 0 Å². The lowest BCUT2D eigenvalue weighted by molar-refractivity contribution is -0.110. The minimum atomic E-state index is -0.0930. The summed E-state index contributed by atoms with van der Waals surface area (Å²) in [4.78, 5) is 12.4. The van der Waals surface area contributed by atoms with Crippen molar-refractivity contribution in [1.29, 1.82) is 0 Å². The second-order valence-corrected chi connectivity index (χ2v) is 7.08. The molecule has 0 aromatic carbocycles. The van der Waals surface area contributed by atoms with Crippen molar-refractivity contribution in [2.45, 2.75) is 46.6 Å². The Kier molecular flexibility index (Phi) is 15.1. The number of hydrogen-bond donors (Lipinski definition) is 2. The summed E-state index contributed by atoms with van der Waals surface area (Å²) >= 11 is 0. The van der Waals surface area contributed by atoms with Crippen LogP contribution >= 0.6 is 0 Å². The first-order valence-electron chi connectivity index (χ1n) is 10.5. The van der Waals surface area contributed by atoms with E-state index in [9.17, 15) is 4.79 Å². The van der Waals surface area contributed by atoms with Crippen LogP contribution in [0.5, 0.6) is 0 Å². The molecule has 0 aliphatic carbocycles. The first-order valence-corrected chi connectivity index (χ1v) is 10.5. The number of allylic oxidation sites excluding steroid dienone is 9. The van der Waals surface area contributed by atoms with Gasteiger partial charge in [-0.25, -0.2) is 0 Å². The molecule has 0 rings (SSSR count). The first-order chi connectivity index (χ1) is 14.8. The second kappa shape index (κ2) is 16.7. The SMILES string of the molecule is C=CC#C/C(=C\C(=O)/C=C\C(=C/C)COC)CCC(C)N/C(C)=C(C)/C(=C\C=C)NC. The Hall–Kier alpha value is -3.03. The van der Waals surface area contributed by atoms with E-state index in [0.29, 0.717) is 13.0 Å². The van der Waals surface area contributed by atoms with Crippen molar-refractivity contribution >= 4 is 5.78 Å². The largest absolute Gasteiger partial charge is 0.388 e. The molecule has 0 bridgehead atoms. The van der Waals surface area contributed by atoms with Crippen LogP contribution in [0.3, 0.4) is 0 Å². The Morgan fingerprint density at radius 3 is 2.48 bits per heavy atom. The summed E-state index contributed by atoms with van der Waals surface area (Å²) in [7, 11) is 3.52. The maximum absolute atomic E-state index is 12.4. The van der Waals surface area contributed by atoms with Crippen LogP contribution in [0.1, 0.15) is 40.5 Å². The lowest BCUT2D eigenvalue weighted by Gasteiger charge is -2.19. The molecule has 4 nitrogen and oxygen atoms in total. The molecule has 1 atom stereocenters. The lowest BCUT2D eigenvalue weighted by atomic mass is 10.0. The van der Waals surface area contributed by atoms with Gasteiger partial charge in [0.05, 0.1) is 6.61 Å². The number of ether oxygens (including phenoxy) is 1. The summed E-state index contributed by atoms with van der Waals surface area (Å²) in [5, 5.41) is 6.71. The summed E-state index contributed by atoms with van der Waals surface area (Å²) in [6.07, 6.45) is 13.6.